The van der Waals surface area contributed by atoms with Crippen LogP contribution >= 0.6 is 0 Å². The summed E-state index contributed by atoms with van der Waals surface area (Å²) >= 11 is 0. The number of carbonyl (C=O) groups excluding carboxylic acids is 1. The van der Waals surface area contributed by atoms with Crippen LogP contribution in [-0.2, 0) is 16.1 Å². The Hall–Kier alpha value is -1.61. The maximum Gasteiger partial charge on any atom is 0.183 e. The lowest BCUT2D eigenvalue weighted by Crippen LogP contribution is -2.24. The van der Waals surface area contributed by atoms with Crippen LogP contribution in [0.5, 0.6) is 0 Å². The van der Waals surface area contributed by atoms with Crippen LogP contribution in [0.25, 0.3) is 0 Å². The smallest absolute Gasteiger partial charge is 0.183 e. The molecular formula is C12H13NO2. The van der Waals surface area contributed by atoms with Crippen molar-refractivity contribution in [1.29, 1.82) is 0 Å². The van der Waals surface area contributed by atoms with Crippen LogP contribution < -0.4 is 5.32 Å². The standard InChI is InChI=1S/C12H13NO2/c14-12-6-11(8-15-9-12)13-7-10-4-2-1-3-5-10/h1-6,13H,7-9H2. The summed E-state index contributed by atoms with van der Waals surface area (Å²) in [5.41, 5.74) is 2.05. The molecule has 3 heteroatoms. The molecule has 0 amide bonds. The second-order valence-electron chi connectivity index (χ2n) is 3.47. The van der Waals surface area contributed by atoms with Gasteiger partial charge >= 0.3 is 0 Å². The number of nitrogens with one attached hydrogen (secondary N) is 1. The number of benzene rings is 1. The summed E-state index contributed by atoms with van der Waals surface area (Å²) in [6.45, 7) is 1.43. The lowest BCUT2D eigenvalue weighted by molar-refractivity contribution is -0.119. The third-order valence-corrected chi connectivity index (χ3v) is 2.20. The summed E-state index contributed by atoms with van der Waals surface area (Å²) in [4.78, 5) is 11.0. The molecule has 1 aromatic rings. The molecule has 2 rings (SSSR count). The largest absolute Gasteiger partial charge is 0.382 e. The highest BCUT2D eigenvalue weighted by atomic mass is 16.5. The van der Waals surface area contributed by atoms with Crippen LogP contribution in [-0.4, -0.2) is 19.0 Å². The molecule has 0 unspecified atom stereocenters. The van der Waals surface area contributed by atoms with E-state index < -0.39 is 0 Å². The fourth-order valence-electron chi connectivity index (χ4n) is 1.45. The van der Waals surface area contributed by atoms with Gasteiger partial charge in [0.1, 0.15) is 6.61 Å². The van der Waals surface area contributed by atoms with Crippen molar-refractivity contribution in [3.8, 4) is 0 Å². The van der Waals surface area contributed by atoms with Gasteiger partial charge in [-0.1, -0.05) is 30.3 Å². The molecule has 0 fully saturated rings. The van der Waals surface area contributed by atoms with E-state index in [0.717, 1.165) is 12.2 Å². The molecule has 0 aliphatic carbocycles. The molecule has 0 spiro atoms. The van der Waals surface area contributed by atoms with E-state index in [1.165, 1.54) is 5.56 Å². The van der Waals surface area contributed by atoms with Gasteiger partial charge < -0.3 is 10.1 Å². The van der Waals surface area contributed by atoms with Crippen LogP contribution in [0.1, 0.15) is 5.56 Å². The number of ether oxygens (including phenoxy) is 1. The summed E-state index contributed by atoms with van der Waals surface area (Å²) in [7, 11) is 0. The maximum atomic E-state index is 11.0. The lowest BCUT2D eigenvalue weighted by Gasteiger charge is -2.14. The molecule has 0 aromatic heterocycles. The Morgan fingerprint density at radius 2 is 2.00 bits per heavy atom. The topological polar surface area (TPSA) is 38.3 Å². The number of hydrogen-bond donors (Lipinski definition) is 1. The minimum absolute atomic E-state index is 0.0248. The summed E-state index contributed by atoms with van der Waals surface area (Å²) in [5.74, 6) is 0.0248. The highest BCUT2D eigenvalue weighted by molar-refractivity contribution is 5.92. The van der Waals surface area contributed by atoms with E-state index >= 15 is 0 Å². The molecule has 0 atom stereocenters. The van der Waals surface area contributed by atoms with Gasteiger partial charge in [-0.2, -0.15) is 0 Å². The number of carbonyl (C=O) groups is 1. The average Bonchev–Trinajstić information content (AvgIpc) is 2.28. The zero-order valence-corrected chi connectivity index (χ0v) is 8.40. The zero-order valence-electron chi connectivity index (χ0n) is 8.40. The van der Waals surface area contributed by atoms with E-state index in [4.69, 9.17) is 4.74 Å². The molecule has 0 saturated carbocycles. The minimum atomic E-state index is 0.0248. The molecule has 1 aliphatic rings. The fraction of sp³-hybridized carbons (Fsp3) is 0.250. The molecule has 1 aliphatic heterocycles. The molecular weight excluding hydrogens is 190 g/mol. The second kappa shape index (κ2) is 4.75. The van der Waals surface area contributed by atoms with Crippen molar-refractivity contribution in [2.45, 2.75) is 6.54 Å². The molecule has 3 nitrogen and oxygen atoms in total. The van der Waals surface area contributed by atoms with Gasteiger partial charge in [-0.25, -0.2) is 0 Å². The first-order chi connectivity index (χ1) is 7.34. The van der Waals surface area contributed by atoms with Crippen molar-refractivity contribution in [3.63, 3.8) is 0 Å². The lowest BCUT2D eigenvalue weighted by atomic mass is 10.2. The normalized spacial score (nSPS) is 16.0. The number of hydrogen-bond acceptors (Lipinski definition) is 3. The van der Waals surface area contributed by atoms with Crippen molar-refractivity contribution < 1.29 is 9.53 Å². The van der Waals surface area contributed by atoms with Crippen LogP contribution in [0.4, 0.5) is 0 Å². The van der Waals surface area contributed by atoms with Gasteiger partial charge in [-0.15, -0.1) is 0 Å². The first-order valence-electron chi connectivity index (χ1n) is 4.93. The van der Waals surface area contributed by atoms with Gasteiger partial charge in [0.15, 0.2) is 5.78 Å². The van der Waals surface area contributed by atoms with Gasteiger partial charge in [0.2, 0.25) is 0 Å². The third-order valence-electron chi connectivity index (χ3n) is 2.20. The van der Waals surface area contributed by atoms with Gasteiger partial charge in [-0.05, 0) is 5.56 Å². The van der Waals surface area contributed by atoms with Crippen LogP contribution in [0, 0.1) is 0 Å². The Kier molecular flexibility index (Phi) is 3.15. The van der Waals surface area contributed by atoms with Gasteiger partial charge in [0.25, 0.3) is 0 Å². The maximum absolute atomic E-state index is 11.0. The summed E-state index contributed by atoms with van der Waals surface area (Å²) in [6, 6.07) is 10.1. The SMILES string of the molecule is O=C1C=C(NCc2ccccc2)COC1. The molecule has 1 N–H and O–H groups in total. The average molecular weight is 203 g/mol. The molecule has 0 radical (unpaired) electrons. The van der Waals surface area contributed by atoms with Crippen LogP contribution in [0.3, 0.4) is 0 Å². The predicted octanol–water partition coefficient (Wildman–Crippen LogP) is 1.26. The molecule has 0 saturated heterocycles. The highest BCUT2D eigenvalue weighted by Crippen LogP contribution is 2.03. The summed E-state index contributed by atoms with van der Waals surface area (Å²) in [5, 5.41) is 3.18. The van der Waals surface area contributed by atoms with Crippen molar-refractivity contribution >= 4 is 5.78 Å². The number of ketones is 1. The van der Waals surface area contributed by atoms with Gasteiger partial charge in [0, 0.05) is 18.3 Å². The van der Waals surface area contributed by atoms with E-state index in [0.29, 0.717) is 6.61 Å². The first-order valence-corrected chi connectivity index (χ1v) is 4.93. The Labute approximate surface area is 88.8 Å². The summed E-state index contributed by atoms with van der Waals surface area (Å²) < 4.78 is 5.10. The van der Waals surface area contributed by atoms with Crippen LogP contribution in [0.2, 0.25) is 0 Å². The Morgan fingerprint density at radius 3 is 2.73 bits per heavy atom. The van der Waals surface area contributed by atoms with Gasteiger partial charge in [0.05, 0.1) is 6.61 Å². The third kappa shape index (κ3) is 2.92. The van der Waals surface area contributed by atoms with Crippen molar-refractivity contribution in [1.82, 2.24) is 5.32 Å². The molecule has 15 heavy (non-hydrogen) atoms. The fourth-order valence-corrected chi connectivity index (χ4v) is 1.45. The van der Waals surface area contributed by atoms with E-state index in [9.17, 15) is 4.79 Å². The Bertz CT molecular complexity index is 370. The first kappa shape index (κ1) is 9.93. The number of rotatable bonds is 3. The van der Waals surface area contributed by atoms with E-state index in [1.807, 2.05) is 30.3 Å². The van der Waals surface area contributed by atoms with Crippen LogP contribution in [0.15, 0.2) is 42.1 Å². The van der Waals surface area contributed by atoms with Crippen molar-refractivity contribution in [3.05, 3.63) is 47.7 Å². The second-order valence-corrected chi connectivity index (χ2v) is 3.47. The Morgan fingerprint density at radius 1 is 1.20 bits per heavy atom. The molecule has 78 valence electrons. The highest BCUT2D eigenvalue weighted by Gasteiger charge is 2.09. The predicted molar refractivity (Wildman–Crippen MR) is 57.2 cm³/mol. The monoisotopic (exact) mass is 203 g/mol. The van der Waals surface area contributed by atoms with E-state index in [1.54, 1.807) is 6.08 Å². The van der Waals surface area contributed by atoms with E-state index in [2.05, 4.69) is 5.32 Å². The Balaban J connectivity index is 1.91. The molecule has 1 heterocycles. The quantitative estimate of drug-likeness (QED) is 0.803. The van der Waals surface area contributed by atoms with Gasteiger partial charge in [-0.3, -0.25) is 4.79 Å². The van der Waals surface area contributed by atoms with Crippen molar-refractivity contribution in [2.75, 3.05) is 13.2 Å². The van der Waals surface area contributed by atoms with Crippen molar-refractivity contribution in [2.24, 2.45) is 0 Å². The van der Waals surface area contributed by atoms with E-state index in [-0.39, 0.29) is 12.4 Å². The molecule has 1 aromatic carbocycles. The molecule has 0 bridgehead atoms. The summed E-state index contributed by atoms with van der Waals surface area (Å²) in [6.07, 6.45) is 1.62. The zero-order chi connectivity index (χ0) is 10.5. The minimum Gasteiger partial charge on any atom is -0.382 e.